The van der Waals surface area contributed by atoms with Crippen molar-refractivity contribution in [1.82, 2.24) is 0 Å². The van der Waals surface area contributed by atoms with Crippen LogP contribution in [0.3, 0.4) is 0 Å². The van der Waals surface area contributed by atoms with Gasteiger partial charge in [0.2, 0.25) is 0 Å². The SMILES string of the molecule is COc1ccc(OC)c([C@@H](N)[C@@H](O)C2CCC2)c1. The van der Waals surface area contributed by atoms with Crippen molar-refractivity contribution in [2.24, 2.45) is 11.7 Å². The van der Waals surface area contributed by atoms with Gasteiger partial charge in [-0.15, -0.1) is 0 Å². The van der Waals surface area contributed by atoms with Gasteiger partial charge in [-0.2, -0.15) is 0 Å². The third-order valence-electron chi connectivity index (χ3n) is 3.80. The van der Waals surface area contributed by atoms with Gasteiger partial charge in [-0.1, -0.05) is 6.42 Å². The van der Waals surface area contributed by atoms with Gasteiger partial charge in [-0.25, -0.2) is 0 Å². The van der Waals surface area contributed by atoms with Crippen molar-refractivity contribution < 1.29 is 14.6 Å². The summed E-state index contributed by atoms with van der Waals surface area (Å²) >= 11 is 0. The summed E-state index contributed by atoms with van der Waals surface area (Å²) in [4.78, 5) is 0. The second-order valence-electron chi connectivity index (χ2n) is 4.82. The standard InChI is InChI=1S/C14H21NO3/c1-17-10-6-7-12(18-2)11(8-10)13(15)14(16)9-4-3-5-9/h6-9,13-14,16H,3-5,15H2,1-2H3/t13-,14+/m1/s1. The van der Waals surface area contributed by atoms with Gasteiger partial charge in [0.05, 0.1) is 26.4 Å². The van der Waals surface area contributed by atoms with E-state index in [0.717, 1.165) is 24.2 Å². The molecular weight excluding hydrogens is 230 g/mol. The summed E-state index contributed by atoms with van der Waals surface area (Å²) in [5.74, 6) is 1.74. The van der Waals surface area contributed by atoms with Gasteiger partial charge in [0.15, 0.2) is 0 Å². The highest BCUT2D eigenvalue weighted by Gasteiger charge is 2.32. The van der Waals surface area contributed by atoms with E-state index in [4.69, 9.17) is 15.2 Å². The highest BCUT2D eigenvalue weighted by Crippen LogP contribution is 2.37. The molecule has 1 aromatic carbocycles. The lowest BCUT2D eigenvalue weighted by atomic mass is 9.77. The lowest BCUT2D eigenvalue weighted by Gasteiger charge is -2.34. The Bertz CT molecular complexity index is 404. The molecule has 3 N–H and O–H groups in total. The van der Waals surface area contributed by atoms with Gasteiger partial charge in [0.1, 0.15) is 11.5 Å². The number of rotatable bonds is 5. The van der Waals surface area contributed by atoms with E-state index < -0.39 is 12.1 Å². The predicted molar refractivity (Wildman–Crippen MR) is 69.8 cm³/mol. The number of hydrogen-bond acceptors (Lipinski definition) is 4. The van der Waals surface area contributed by atoms with Gasteiger partial charge in [-0.05, 0) is 37.0 Å². The third kappa shape index (κ3) is 2.44. The minimum atomic E-state index is -0.514. The molecule has 0 aromatic heterocycles. The van der Waals surface area contributed by atoms with E-state index in [1.807, 2.05) is 18.2 Å². The molecule has 0 saturated heterocycles. The van der Waals surface area contributed by atoms with Crippen LogP contribution in [0.15, 0.2) is 18.2 Å². The molecule has 1 aromatic rings. The molecule has 0 amide bonds. The van der Waals surface area contributed by atoms with Crippen LogP contribution in [0.2, 0.25) is 0 Å². The molecule has 0 radical (unpaired) electrons. The summed E-state index contributed by atoms with van der Waals surface area (Å²) in [7, 11) is 3.22. The molecule has 1 aliphatic carbocycles. The Morgan fingerprint density at radius 1 is 1.28 bits per heavy atom. The molecule has 4 heteroatoms. The van der Waals surface area contributed by atoms with Crippen LogP contribution < -0.4 is 15.2 Å². The van der Waals surface area contributed by atoms with Crippen molar-refractivity contribution in [3.8, 4) is 11.5 Å². The summed E-state index contributed by atoms with van der Waals surface area (Å²) in [6.07, 6.45) is 2.78. The van der Waals surface area contributed by atoms with Crippen LogP contribution in [-0.2, 0) is 0 Å². The zero-order chi connectivity index (χ0) is 13.1. The van der Waals surface area contributed by atoms with Crippen molar-refractivity contribution in [2.75, 3.05) is 14.2 Å². The van der Waals surface area contributed by atoms with E-state index in [1.165, 1.54) is 6.42 Å². The number of aliphatic hydroxyl groups excluding tert-OH is 1. The fourth-order valence-corrected chi connectivity index (χ4v) is 2.36. The fraction of sp³-hybridized carbons (Fsp3) is 0.571. The van der Waals surface area contributed by atoms with Crippen LogP contribution in [0.5, 0.6) is 11.5 Å². The Labute approximate surface area is 108 Å². The molecule has 2 rings (SSSR count). The van der Waals surface area contributed by atoms with Crippen LogP contribution in [0.4, 0.5) is 0 Å². The Morgan fingerprint density at radius 3 is 2.50 bits per heavy atom. The van der Waals surface area contributed by atoms with Crippen LogP contribution in [-0.4, -0.2) is 25.4 Å². The number of ether oxygens (including phenoxy) is 2. The third-order valence-corrected chi connectivity index (χ3v) is 3.80. The maximum atomic E-state index is 10.3. The van der Waals surface area contributed by atoms with E-state index in [0.29, 0.717) is 11.7 Å². The van der Waals surface area contributed by atoms with Crippen molar-refractivity contribution in [3.05, 3.63) is 23.8 Å². The molecule has 0 bridgehead atoms. The summed E-state index contributed by atoms with van der Waals surface area (Å²) in [6, 6.07) is 5.05. The van der Waals surface area contributed by atoms with Gasteiger partial charge >= 0.3 is 0 Å². The average molecular weight is 251 g/mol. The molecule has 4 nitrogen and oxygen atoms in total. The van der Waals surface area contributed by atoms with Crippen LogP contribution in [0.1, 0.15) is 30.9 Å². The Kier molecular flexibility index (Phi) is 4.09. The van der Waals surface area contributed by atoms with Crippen molar-refractivity contribution in [3.63, 3.8) is 0 Å². The van der Waals surface area contributed by atoms with Gasteiger partial charge in [-0.3, -0.25) is 0 Å². The van der Waals surface area contributed by atoms with E-state index in [2.05, 4.69) is 0 Å². The smallest absolute Gasteiger partial charge is 0.123 e. The normalized spacial score (nSPS) is 18.9. The first-order chi connectivity index (χ1) is 8.67. The van der Waals surface area contributed by atoms with Gasteiger partial charge < -0.3 is 20.3 Å². The van der Waals surface area contributed by atoms with Crippen molar-refractivity contribution >= 4 is 0 Å². The predicted octanol–water partition coefficient (Wildman–Crippen LogP) is 1.86. The summed E-state index contributed by atoms with van der Waals surface area (Å²) in [6.45, 7) is 0. The summed E-state index contributed by atoms with van der Waals surface area (Å²) < 4.78 is 10.5. The minimum Gasteiger partial charge on any atom is -0.497 e. The Morgan fingerprint density at radius 2 is 2.00 bits per heavy atom. The number of methoxy groups -OCH3 is 2. The summed E-state index contributed by atoms with van der Waals surface area (Å²) in [5, 5.41) is 10.3. The van der Waals surface area contributed by atoms with Crippen LogP contribution >= 0.6 is 0 Å². The monoisotopic (exact) mass is 251 g/mol. The van der Waals surface area contributed by atoms with Gasteiger partial charge in [0, 0.05) is 5.56 Å². The zero-order valence-corrected chi connectivity index (χ0v) is 10.9. The number of hydrogen-bond donors (Lipinski definition) is 2. The van der Waals surface area contributed by atoms with E-state index in [1.54, 1.807) is 14.2 Å². The van der Waals surface area contributed by atoms with E-state index >= 15 is 0 Å². The maximum Gasteiger partial charge on any atom is 0.123 e. The minimum absolute atomic E-state index is 0.316. The molecule has 1 fully saturated rings. The first kappa shape index (κ1) is 13.2. The quantitative estimate of drug-likeness (QED) is 0.838. The first-order valence-electron chi connectivity index (χ1n) is 6.33. The summed E-state index contributed by atoms with van der Waals surface area (Å²) in [5.41, 5.74) is 6.97. The number of aliphatic hydroxyl groups is 1. The largest absolute Gasteiger partial charge is 0.497 e. The lowest BCUT2D eigenvalue weighted by molar-refractivity contribution is 0.0407. The van der Waals surface area contributed by atoms with Crippen LogP contribution in [0, 0.1) is 5.92 Å². The molecule has 2 atom stereocenters. The van der Waals surface area contributed by atoms with Crippen LogP contribution in [0.25, 0.3) is 0 Å². The molecule has 18 heavy (non-hydrogen) atoms. The molecular formula is C14H21NO3. The second kappa shape index (κ2) is 5.59. The zero-order valence-electron chi connectivity index (χ0n) is 10.9. The Hall–Kier alpha value is -1.26. The van der Waals surface area contributed by atoms with Crippen molar-refractivity contribution in [1.29, 1.82) is 0 Å². The molecule has 0 aliphatic heterocycles. The highest BCUT2D eigenvalue weighted by atomic mass is 16.5. The lowest BCUT2D eigenvalue weighted by Crippen LogP contribution is -2.36. The molecule has 100 valence electrons. The van der Waals surface area contributed by atoms with Gasteiger partial charge in [0.25, 0.3) is 0 Å². The first-order valence-corrected chi connectivity index (χ1v) is 6.33. The molecule has 0 unspecified atom stereocenters. The Balaban J connectivity index is 2.23. The van der Waals surface area contributed by atoms with E-state index in [9.17, 15) is 5.11 Å². The number of nitrogens with two attached hydrogens (primary N) is 1. The average Bonchev–Trinajstić information content (AvgIpc) is 2.34. The topological polar surface area (TPSA) is 64.7 Å². The maximum absolute atomic E-state index is 10.3. The second-order valence-corrected chi connectivity index (χ2v) is 4.82. The molecule has 1 aliphatic rings. The molecule has 0 heterocycles. The fourth-order valence-electron chi connectivity index (χ4n) is 2.36. The van der Waals surface area contributed by atoms with E-state index in [-0.39, 0.29) is 0 Å². The molecule has 1 saturated carbocycles. The number of benzene rings is 1. The van der Waals surface area contributed by atoms with Crippen molar-refractivity contribution in [2.45, 2.75) is 31.4 Å². The molecule has 0 spiro atoms. The highest BCUT2D eigenvalue weighted by molar-refractivity contribution is 5.42.